The molecule has 0 aliphatic heterocycles. The molecule has 0 atom stereocenters. The minimum absolute atomic E-state index is 0.211. The summed E-state index contributed by atoms with van der Waals surface area (Å²) in [6.45, 7) is 13.0. The maximum Gasteiger partial charge on any atom is 0.212 e. The Bertz CT molecular complexity index is 2930. The summed E-state index contributed by atoms with van der Waals surface area (Å²) in [7, 11) is -0.294. The average molecular weight is 1070 g/mol. The lowest BCUT2D eigenvalue weighted by Gasteiger charge is -2.44. The van der Waals surface area contributed by atoms with Crippen molar-refractivity contribution in [3.8, 4) is 0 Å². The second-order valence-corrected chi connectivity index (χ2v) is 18.5. The van der Waals surface area contributed by atoms with Crippen LogP contribution in [0.4, 0.5) is 87.8 Å². The van der Waals surface area contributed by atoms with Crippen molar-refractivity contribution in [3.63, 3.8) is 0 Å². The van der Waals surface area contributed by atoms with Gasteiger partial charge in [-0.25, -0.2) is 87.8 Å². The standard InChI is InChI=1S/C26H29OS.C24BF20/c1-17-12-19(3)25(20(4)13-17)28(16-24(27)23-10-8-7-9-11-23)26-21(5)14-18(2)15-22(26)6;26-5-1(6(27)14(35)21(42)13(5)34)25(2-7(28)15(36)22(43)16(37)8(2)29,3-9(30)17(38)23(44)18(39)10(3)31)4-11(32)19(40)24(45)20(41)12(4)33/h7-15H,16H2,1-6H3;/q+1;-1. The molecule has 7 aromatic rings. The number of carbonyl (C=O) groups is 1. The Labute approximate surface area is 403 Å². The molecule has 1 nitrogen and oxygen atoms in total. The van der Waals surface area contributed by atoms with E-state index >= 15 is 35.1 Å². The van der Waals surface area contributed by atoms with Crippen molar-refractivity contribution in [2.45, 2.75) is 51.3 Å². The Kier molecular flexibility index (Phi) is 15.7. The van der Waals surface area contributed by atoms with E-state index in [1.807, 2.05) is 30.3 Å². The van der Waals surface area contributed by atoms with Crippen LogP contribution in [-0.2, 0) is 10.9 Å². The van der Waals surface area contributed by atoms with Crippen LogP contribution in [0.5, 0.6) is 0 Å². The Hall–Kier alpha value is -6.78. The van der Waals surface area contributed by atoms with Crippen molar-refractivity contribution >= 4 is 44.7 Å². The summed E-state index contributed by atoms with van der Waals surface area (Å²) in [5.74, 6) is -70.7. The molecule has 384 valence electrons. The van der Waals surface area contributed by atoms with E-state index in [0.717, 1.165) is 5.56 Å². The van der Waals surface area contributed by atoms with E-state index in [2.05, 4.69) is 65.8 Å². The van der Waals surface area contributed by atoms with Gasteiger partial charge in [-0.15, -0.1) is 21.9 Å². The number of carbonyl (C=O) groups excluding carboxylic acids is 1. The SMILES string of the molecule is Cc1cc(C)c([S+](CC(=O)c2ccccc2)c2c(C)cc(C)cc2C)c(C)c1.Fc1c(F)c(F)c([B-](c2c(F)c(F)c(F)c(F)c2F)(c2c(F)c(F)c(F)c(F)c2F)c2c(F)c(F)c(F)c(F)c2F)c(F)c1F. The van der Waals surface area contributed by atoms with Gasteiger partial charge in [0.2, 0.25) is 5.78 Å². The molecule has 0 aliphatic carbocycles. The first-order valence-corrected chi connectivity index (χ1v) is 22.1. The topological polar surface area (TPSA) is 17.1 Å². The molecule has 0 radical (unpaired) electrons. The number of halogens is 20. The van der Waals surface area contributed by atoms with Crippen LogP contribution < -0.4 is 21.9 Å². The first-order chi connectivity index (χ1) is 34.0. The highest BCUT2D eigenvalue weighted by molar-refractivity contribution is 7.97. The molecule has 0 aliphatic rings. The van der Waals surface area contributed by atoms with Gasteiger partial charge in [-0.2, -0.15) is 0 Å². The molecule has 0 saturated heterocycles. The smallest absolute Gasteiger partial charge is 0.212 e. The van der Waals surface area contributed by atoms with Crippen molar-refractivity contribution in [2.75, 3.05) is 5.75 Å². The summed E-state index contributed by atoms with van der Waals surface area (Å²) in [5.41, 5.74) is -5.87. The van der Waals surface area contributed by atoms with Gasteiger partial charge in [0, 0.05) is 27.8 Å². The molecule has 0 unspecified atom stereocenters. The molecule has 0 spiro atoms. The number of hydrogen-bond acceptors (Lipinski definition) is 1. The lowest BCUT2D eigenvalue weighted by molar-refractivity contribution is 0.102. The van der Waals surface area contributed by atoms with E-state index in [-0.39, 0.29) is 16.7 Å². The van der Waals surface area contributed by atoms with Gasteiger partial charge < -0.3 is 0 Å². The third kappa shape index (κ3) is 9.10. The van der Waals surface area contributed by atoms with Gasteiger partial charge in [-0.3, -0.25) is 4.79 Å². The summed E-state index contributed by atoms with van der Waals surface area (Å²) in [6.07, 6.45) is -7.22. The van der Waals surface area contributed by atoms with Gasteiger partial charge in [0.1, 0.15) is 52.7 Å². The quantitative estimate of drug-likeness (QED) is 0.0352. The average Bonchev–Trinajstić information content (AvgIpc) is 3.33. The van der Waals surface area contributed by atoms with E-state index in [1.54, 1.807) is 0 Å². The van der Waals surface area contributed by atoms with Gasteiger partial charge >= 0.3 is 0 Å². The third-order valence-electron chi connectivity index (χ3n) is 11.8. The van der Waals surface area contributed by atoms with Crippen LogP contribution in [0.3, 0.4) is 0 Å². The predicted octanol–water partition coefficient (Wildman–Crippen LogP) is 12.3. The van der Waals surface area contributed by atoms with Crippen LogP contribution in [0.25, 0.3) is 0 Å². The monoisotopic (exact) mass is 1070 g/mol. The van der Waals surface area contributed by atoms with Crippen LogP contribution >= 0.6 is 0 Å². The summed E-state index contributed by atoms with van der Waals surface area (Å²) < 4.78 is 294. The zero-order valence-corrected chi connectivity index (χ0v) is 38.7. The summed E-state index contributed by atoms with van der Waals surface area (Å²) in [5, 5.41) is 0. The Morgan fingerprint density at radius 3 is 0.767 bits per heavy atom. The van der Waals surface area contributed by atoms with Crippen molar-refractivity contribution in [2.24, 2.45) is 0 Å². The Morgan fingerprint density at radius 2 is 0.548 bits per heavy atom. The van der Waals surface area contributed by atoms with Crippen molar-refractivity contribution in [3.05, 3.63) is 210 Å². The number of Topliss-reactive ketones (excluding diaryl/α,β-unsaturated/α-hetero) is 1. The summed E-state index contributed by atoms with van der Waals surface area (Å²) >= 11 is 0. The lowest BCUT2D eigenvalue weighted by atomic mass is 9.12. The lowest BCUT2D eigenvalue weighted by Crippen LogP contribution is -2.81. The number of hydrogen-bond donors (Lipinski definition) is 0. The van der Waals surface area contributed by atoms with Gasteiger partial charge in [0.25, 0.3) is 0 Å². The highest BCUT2D eigenvalue weighted by atomic mass is 32.2. The molecule has 23 heteroatoms. The number of benzene rings is 7. The summed E-state index contributed by atoms with van der Waals surface area (Å²) in [6, 6.07) is 18.7. The van der Waals surface area contributed by atoms with Crippen LogP contribution in [0.2, 0.25) is 0 Å². The van der Waals surface area contributed by atoms with Gasteiger partial charge in [0.05, 0.1) is 10.9 Å². The van der Waals surface area contributed by atoms with Crippen LogP contribution in [-0.4, -0.2) is 17.7 Å². The molecule has 7 rings (SSSR count). The molecule has 0 fully saturated rings. The largest absolute Gasteiger partial charge is 0.289 e. The van der Waals surface area contributed by atoms with Crippen LogP contribution in [0, 0.1) is 158 Å². The molecule has 73 heavy (non-hydrogen) atoms. The maximum absolute atomic E-state index is 15.4. The molecule has 0 bridgehead atoms. The highest BCUT2D eigenvalue weighted by Gasteiger charge is 2.52. The van der Waals surface area contributed by atoms with Gasteiger partial charge in [0.15, 0.2) is 85.4 Å². The van der Waals surface area contributed by atoms with Crippen LogP contribution in [0.1, 0.15) is 43.7 Å². The van der Waals surface area contributed by atoms with E-state index in [0.29, 0.717) is 5.75 Å². The maximum atomic E-state index is 15.4. The molecule has 0 aromatic heterocycles. The molecule has 0 amide bonds. The fraction of sp³-hybridized carbons (Fsp3) is 0.140. The molecular formula is C50H29BF20OS. The van der Waals surface area contributed by atoms with Crippen molar-refractivity contribution in [1.29, 1.82) is 0 Å². The number of aryl methyl sites for hydroxylation is 6. The molecule has 0 heterocycles. The predicted molar refractivity (Wildman–Crippen MR) is 230 cm³/mol. The van der Waals surface area contributed by atoms with Gasteiger partial charge in [-0.1, -0.05) is 65.7 Å². The van der Waals surface area contributed by atoms with Crippen LogP contribution in [0.15, 0.2) is 64.4 Å². The Balaban J connectivity index is 0.000000265. The van der Waals surface area contributed by atoms with Gasteiger partial charge in [-0.05, 0) is 41.5 Å². The van der Waals surface area contributed by atoms with Crippen molar-refractivity contribution in [1.82, 2.24) is 0 Å². The van der Waals surface area contributed by atoms with E-state index in [1.165, 1.54) is 43.2 Å². The fourth-order valence-corrected chi connectivity index (χ4v) is 11.8. The van der Waals surface area contributed by atoms with E-state index in [4.69, 9.17) is 0 Å². The van der Waals surface area contributed by atoms with Crippen molar-refractivity contribution < 1.29 is 92.6 Å². The molecule has 7 aromatic carbocycles. The highest BCUT2D eigenvalue weighted by Crippen LogP contribution is 2.36. The Morgan fingerprint density at radius 1 is 0.342 bits per heavy atom. The molecule has 0 saturated carbocycles. The zero-order valence-electron chi connectivity index (χ0n) is 37.9. The second-order valence-electron chi connectivity index (χ2n) is 16.6. The zero-order chi connectivity index (χ0) is 54.8. The fourth-order valence-electron chi connectivity index (χ4n) is 9.07. The minimum Gasteiger partial charge on any atom is -0.289 e. The van der Waals surface area contributed by atoms with E-state index in [9.17, 15) is 57.5 Å². The normalized spacial score (nSPS) is 11.7. The summed E-state index contributed by atoms with van der Waals surface area (Å²) in [4.78, 5) is 15.8. The van der Waals surface area contributed by atoms with E-state index < -0.39 is 144 Å². The minimum atomic E-state index is -7.22. The number of rotatable bonds is 9. The molecular weight excluding hydrogens is 1040 g/mol. The second kappa shape index (κ2) is 20.6. The first kappa shape index (κ1) is 55.5. The third-order valence-corrected chi connectivity index (χ3v) is 14.6. The number of ketones is 1. The molecule has 0 N–H and O–H groups in total. The first-order valence-electron chi connectivity index (χ1n) is 20.7.